The van der Waals surface area contributed by atoms with Crippen LogP contribution >= 0.6 is 0 Å². The highest BCUT2D eigenvalue weighted by molar-refractivity contribution is 5.74. The summed E-state index contributed by atoms with van der Waals surface area (Å²) in [6, 6.07) is 0. The van der Waals surface area contributed by atoms with Crippen molar-refractivity contribution >= 4 is 12.1 Å². The molecule has 104 valence electrons. The number of carbonyl (C=O) groups is 2. The SMILES string of the molecule is CO[C@@H]1[C@@H](C(=O)O)O[C@@H]1CNC(=O)OC(C)(C)C. The minimum atomic E-state index is -1.07. The Morgan fingerprint density at radius 2 is 2.00 bits per heavy atom. The molecule has 0 unspecified atom stereocenters. The van der Waals surface area contributed by atoms with Crippen molar-refractivity contribution in [3.63, 3.8) is 0 Å². The van der Waals surface area contributed by atoms with Crippen molar-refractivity contribution in [2.75, 3.05) is 13.7 Å². The summed E-state index contributed by atoms with van der Waals surface area (Å²) in [6.45, 7) is 5.41. The lowest BCUT2D eigenvalue weighted by atomic mass is 10.0. The van der Waals surface area contributed by atoms with E-state index in [2.05, 4.69) is 5.32 Å². The second-order valence-electron chi connectivity index (χ2n) is 5.02. The highest BCUT2D eigenvalue weighted by Gasteiger charge is 2.47. The van der Waals surface area contributed by atoms with Gasteiger partial charge in [0.05, 0.1) is 0 Å². The summed E-state index contributed by atoms with van der Waals surface area (Å²) in [6.07, 6.45) is -2.57. The molecule has 1 heterocycles. The first-order valence-electron chi connectivity index (χ1n) is 5.62. The summed E-state index contributed by atoms with van der Waals surface area (Å²) in [5, 5.41) is 11.3. The smallest absolute Gasteiger partial charge is 0.407 e. The third-order valence-corrected chi connectivity index (χ3v) is 2.35. The van der Waals surface area contributed by atoms with Gasteiger partial charge in [-0.25, -0.2) is 9.59 Å². The molecule has 0 radical (unpaired) electrons. The summed E-state index contributed by atoms with van der Waals surface area (Å²) in [5.74, 6) is -1.07. The monoisotopic (exact) mass is 261 g/mol. The van der Waals surface area contributed by atoms with Crippen LogP contribution in [-0.4, -0.2) is 54.7 Å². The maximum Gasteiger partial charge on any atom is 0.407 e. The molecule has 18 heavy (non-hydrogen) atoms. The molecule has 0 aromatic heterocycles. The van der Waals surface area contributed by atoms with Crippen molar-refractivity contribution < 1.29 is 28.9 Å². The van der Waals surface area contributed by atoms with Gasteiger partial charge in [-0.3, -0.25) is 0 Å². The summed E-state index contributed by atoms with van der Waals surface area (Å²) in [4.78, 5) is 22.1. The number of methoxy groups -OCH3 is 1. The number of nitrogens with one attached hydrogen (secondary N) is 1. The van der Waals surface area contributed by atoms with E-state index in [4.69, 9.17) is 19.3 Å². The molecule has 2 N–H and O–H groups in total. The van der Waals surface area contributed by atoms with Crippen LogP contribution in [0.25, 0.3) is 0 Å². The van der Waals surface area contributed by atoms with Gasteiger partial charge in [-0.2, -0.15) is 0 Å². The Morgan fingerprint density at radius 1 is 1.39 bits per heavy atom. The van der Waals surface area contributed by atoms with E-state index in [0.29, 0.717) is 0 Å². The van der Waals surface area contributed by atoms with Crippen molar-refractivity contribution in [1.82, 2.24) is 5.32 Å². The van der Waals surface area contributed by atoms with Crippen LogP contribution in [0.2, 0.25) is 0 Å². The highest BCUT2D eigenvalue weighted by atomic mass is 16.6. The number of carbonyl (C=O) groups excluding carboxylic acids is 1. The zero-order chi connectivity index (χ0) is 13.9. The van der Waals surface area contributed by atoms with Gasteiger partial charge in [0.25, 0.3) is 0 Å². The topological polar surface area (TPSA) is 94.1 Å². The standard InChI is InChI=1S/C11H19NO6/c1-11(2,3)18-10(15)12-5-6-7(16-4)8(17-6)9(13)14/h6-8H,5H2,1-4H3,(H,12,15)(H,13,14)/t6-,7+,8+/m1/s1. The van der Waals surface area contributed by atoms with Gasteiger partial charge < -0.3 is 24.6 Å². The number of rotatable bonds is 4. The number of alkyl carbamates (subject to hydrolysis) is 1. The van der Waals surface area contributed by atoms with Crippen LogP contribution in [0.4, 0.5) is 4.79 Å². The quantitative estimate of drug-likeness (QED) is 0.759. The number of carboxylic acid groups (broad SMARTS) is 1. The van der Waals surface area contributed by atoms with Crippen LogP contribution in [0.1, 0.15) is 20.8 Å². The minimum absolute atomic E-state index is 0.150. The number of hydrogen-bond acceptors (Lipinski definition) is 5. The van der Waals surface area contributed by atoms with E-state index in [0.717, 1.165) is 0 Å². The first-order chi connectivity index (χ1) is 8.24. The summed E-state index contributed by atoms with van der Waals surface area (Å²) >= 11 is 0. The molecule has 1 aliphatic rings. The summed E-state index contributed by atoms with van der Waals surface area (Å²) in [5.41, 5.74) is -0.575. The second-order valence-corrected chi connectivity index (χ2v) is 5.02. The molecule has 1 aliphatic heterocycles. The van der Waals surface area contributed by atoms with E-state index >= 15 is 0 Å². The van der Waals surface area contributed by atoms with Crippen LogP contribution in [0.3, 0.4) is 0 Å². The Morgan fingerprint density at radius 3 is 2.44 bits per heavy atom. The van der Waals surface area contributed by atoms with E-state index in [1.165, 1.54) is 7.11 Å². The predicted octanol–water partition coefficient (Wildman–Crippen LogP) is 0.378. The van der Waals surface area contributed by atoms with Gasteiger partial charge >= 0.3 is 12.1 Å². The average molecular weight is 261 g/mol. The molecule has 1 saturated heterocycles. The zero-order valence-electron chi connectivity index (χ0n) is 10.9. The molecule has 0 aromatic carbocycles. The van der Waals surface area contributed by atoms with Gasteiger partial charge in [-0.1, -0.05) is 0 Å². The Kier molecular flexibility index (Phi) is 4.53. The molecule has 7 nitrogen and oxygen atoms in total. The predicted molar refractivity (Wildman–Crippen MR) is 61.3 cm³/mol. The van der Waals surface area contributed by atoms with Crippen LogP contribution in [-0.2, 0) is 19.0 Å². The summed E-state index contributed by atoms with van der Waals surface area (Å²) < 4.78 is 15.1. The van der Waals surface area contributed by atoms with Gasteiger partial charge in [0.15, 0.2) is 6.10 Å². The van der Waals surface area contributed by atoms with Crippen molar-refractivity contribution in [3.8, 4) is 0 Å². The molecule has 0 spiro atoms. The van der Waals surface area contributed by atoms with Crippen molar-refractivity contribution in [1.29, 1.82) is 0 Å². The molecular weight excluding hydrogens is 242 g/mol. The van der Waals surface area contributed by atoms with Crippen LogP contribution in [0.15, 0.2) is 0 Å². The van der Waals surface area contributed by atoms with Crippen molar-refractivity contribution in [2.24, 2.45) is 0 Å². The van der Waals surface area contributed by atoms with Crippen molar-refractivity contribution in [2.45, 2.75) is 44.7 Å². The maximum atomic E-state index is 11.4. The van der Waals surface area contributed by atoms with Gasteiger partial charge in [0.1, 0.15) is 17.8 Å². The highest BCUT2D eigenvalue weighted by Crippen LogP contribution is 2.24. The molecule has 0 aromatic rings. The van der Waals surface area contributed by atoms with Crippen LogP contribution in [0.5, 0.6) is 0 Å². The third-order valence-electron chi connectivity index (χ3n) is 2.35. The molecule has 1 rings (SSSR count). The number of ether oxygens (including phenoxy) is 3. The number of hydrogen-bond donors (Lipinski definition) is 2. The van der Waals surface area contributed by atoms with Gasteiger partial charge in [-0.15, -0.1) is 0 Å². The van der Waals surface area contributed by atoms with E-state index in [9.17, 15) is 9.59 Å². The molecule has 7 heteroatoms. The lowest BCUT2D eigenvalue weighted by molar-refractivity contribution is -0.235. The van der Waals surface area contributed by atoms with Gasteiger partial charge in [0, 0.05) is 13.7 Å². The fourth-order valence-corrected chi connectivity index (χ4v) is 1.59. The summed E-state index contributed by atoms with van der Waals surface area (Å²) in [7, 11) is 1.41. The van der Waals surface area contributed by atoms with Crippen LogP contribution in [0, 0.1) is 0 Å². The Bertz CT molecular complexity index is 324. The molecule has 3 atom stereocenters. The Labute approximate surface area is 105 Å². The Balaban J connectivity index is 2.33. The van der Waals surface area contributed by atoms with E-state index in [-0.39, 0.29) is 6.54 Å². The maximum absolute atomic E-state index is 11.4. The minimum Gasteiger partial charge on any atom is -0.479 e. The zero-order valence-corrected chi connectivity index (χ0v) is 10.9. The van der Waals surface area contributed by atoms with Crippen LogP contribution < -0.4 is 5.32 Å². The number of carboxylic acids is 1. The average Bonchev–Trinajstić information content (AvgIpc) is 2.12. The fourth-order valence-electron chi connectivity index (χ4n) is 1.59. The third kappa shape index (κ3) is 3.85. The lowest BCUT2D eigenvalue weighted by Crippen LogP contribution is -2.62. The first-order valence-corrected chi connectivity index (χ1v) is 5.62. The molecule has 0 aliphatic carbocycles. The molecule has 1 fully saturated rings. The first kappa shape index (κ1) is 14.7. The van der Waals surface area contributed by atoms with E-state index < -0.39 is 36.0 Å². The van der Waals surface area contributed by atoms with E-state index in [1.807, 2.05) is 0 Å². The molecule has 1 amide bonds. The molecule has 0 bridgehead atoms. The lowest BCUT2D eigenvalue weighted by Gasteiger charge is -2.41. The van der Waals surface area contributed by atoms with E-state index in [1.54, 1.807) is 20.8 Å². The molecule has 0 saturated carbocycles. The Hall–Kier alpha value is -1.34. The van der Waals surface area contributed by atoms with Gasteiger partial charge in [0.2, 0.25) is 0 Å². The largest absolute Gasteiger partial charge is 0.479 e. The molecular formula is C11H19NO6. The number of amides is 1. The normalized spacial score (nSPS) is 27.2. The second kappa shape index (κ2) is 5.53. The van der Waals surface area contributed by atoms with Gasteiger partial charge in [-0.05, 0) is 20.8 Å². The fraction of sp³-hybridized carbons (Fsp3) is 0.818. The van der Waals surface area contributed by atoms with Crippen molar-refractivity contribution in [3.05, 3.63) is 0 Å². The number of aliphatic carboxylic acids is 1.